The molecule has 0 spiro atoms. The molecular formula is C67H83N13O16S2. The molecule has 0 unspecified atom stereocenters. The number of aliphatic carboxylic acids is 2. The fraction of sp³-hybridized carbons (Fsp3) is 0.403. The number of likely N-dealkylation sites (tertiary alicyclic amines) is 1. The second kappa shape index (κ2) is 36.5. The third kappa shape index (κ3) is 21.1. The molecule has 11 atom stereocenters. The molecule has 0 radical (unpaired) electrons. The van der Waals surface area contributed by atoms with E-state index >= 15 is 4.79 Å². The normalized spacial score (nSPS) is 15.9. The number of carbonyl (C=O) groups is 12. The Labute approximate surface area is 574 Å². The molecule has 1 aliphatic rings. The number of nitrogens with one attached hydrogen (secondary N) is 11. The van der Waals surface area contributed by atoms with Gasteiger partial charge >= 0.3 is 11.9 Å². The van der Waals surface area contributed by atoms with Gasteiger partial charge in [0, 0.05) is 71.5 Å². The number of amides is 10. The van der Waals surface area contributed by atoms with Gasteiger partial charge in [0.15, 0.2) is 0 Å². The van der Waals surface area contributed by atoms with Gasteiger partial charge in [-0.15, -0.1) is 0 Å². The number of aliphatic hydroxyl groups is 2. The Kier molecular flexibility index (Phi) is 28.1. The summed E-state index contributed by atoms with van der Waals surface area (Å²) in [5.74, 6) is -13.4. The lowest BCUT2D eigenvalue weighted by molar-refractivity contribution is -0.143. The molecule has 2 aromatic heterocycles. The number of nitrogens with zero attached hydrogens (tertiary/aromatic N) is 1. The van der Waals surface area contributed by atoms with E-state index in [-0.39, 0.29) is 63.2 Å². The topological polar surface area (TPSA) is 455 Å². The van der Waals surface area contributed by atoms with Crippen molar-refractivity contribution in [2.24, 2.45) is 11.7 Å². The molecule has 0 saturated carbocycles. The van der Waals surface area contributed by atoms with Gasteiger partial charge < -0.3 is 88.9 Å². The minimum Gasteiger partial charge on any atom is -0.481 e. The highest BCUT2D eigenvalue weighted by molar-refractivity contribution is 7.80. The van der Waals surface area contributed by atoms with Gasteiger partial charge in [-0.2, -0.15) is 25.3 Å². The van der Waals surface area contributed by atoms with Crippen molar-refractivity contribution in [2.75, 3.05) is 31.3 Å². The number of aromatic amines is 2. The first kappa shape index (κ1) is 75.6. The highest BCUT2D eigenvalue weighted by atomic mass is 32.1. The van der Waals surface area contributed by atoms with Gasteiger partial charge in [0.1, 0.15) is 60.4 Å². The van der Waals surface area contributed by atoms with Crippen LogP contribution in [-0.4, -0.2) is 204 Å². The second-order valence-electron chi connectivity index (χ2n) is 24.1. The number of aromatic nitrogens is 2. The van der Waals surface area contributed by atoms with Crippen LogP contribution in [0, 0.1) is 5.92 Å². The Morgan fingerprint density at radius 3 is 1.42 bits per heavy atom. The molecule has 7 rings (SSSR count). The van der Waals surface area contributed by atoms with Crippen LogP contribution in [0.15, 0.2) is 122 Å². The number of nitrogens with two attached hydrogens (primary N) is 1. The second-order valence-corrected chi connectivity index (χ2v) is 24.9. The van der Waals surface area contributed by atoms with E-state index in [1.165, 1.54) is 4.90 Å². The summed E-state index contributed by atoms with van der Waals surface area (Å²) in [4.78, 5) is 173. The molecule has 4 aromatic carbocycles. The maximum atomic E-state index is 15.2. The Morgan fingerprint density at radius 1 is 0.490 bits per heavy atom. The molecular weight excluding hydrogens is 1310 g/mol. The zero-order valence-corrected chi connectivity index (χ0v) is 55.6. The standard InChI is InChI=1S/C67H83N13O16S2/c1-36(2)24-46(71-59(87)47(27-39-30-69-44-20-11-9-18-41(39)44)72-63(91)53(34-97)78-57(85)43(68)25-37-14-5-3-6-15-37)58(86)74-49(28-40-31-70-45-21-12-10-19-42(40)45)66(94)80-23-13-22-55(80)65(93)77-52(33-82)62(90)76-51(32-81)61(89)73-48(29-56(83)84)60(88)79-54(35-98)64(92)75-50(67(95)96)26-38-16-7-4-8-17-38/h3-12,14-21,30-31,36,43,46-55,69-70,81-82,97-98H,13,22-29,32-35,68H2,1-2H3,(H,71,87)(H,72,91)(H,73,89)(H,74,86)(H,75,92)(H,76,90)(H,77,93)(H,78,85)(H,79,88)(H,83,84)(H,95,96)/t43-,46-,47-,48-,49-,50-,51-,52-,53-,54-,55-/m0/s1. The van der Waals surface area contributed by atoms with Crippen LogP contribution in [0.5, 0.6) is 0 Å². The highest BCUT2D eigenvalue weighted by Crippen LogP contribution is 2.25. The van der Waals surface area contributed by atoms with Crippen LogP contribution in [0.2, 0.25) is 0 Å². The lowest BCUT2D eigenvalue weighted by Crippen LogP contribution is -2.61. The lowest BCUT2D eigenvalue weighted by Gasteiger charge is -2.31. The Bertz CT molecular complexity index is 3800. The van der Waals surface area contributed by atoms with Crippen LogP contribution in [0.1, 0.15) is 61.8 Å². The van der Waals surface area contributed by atoms with Crippen molar-refractivity contribution in [3.05, 3.63) is 144 Å². The number of hydrogen-bond donors (Lipinski definition) is 18. The predicted molar refractivity (Wildman–Crippen MR) is 366 cm³/mol. The molecule has 98 heavy (non-hydrogen) atoms. The maximum absolute atomic E-state index is 15.2. The van der Waals surface area contributed by atoms with E-state index in [9.17, 15) is 73.2 Å². The fourth-order valence-corrected chi connectivity index (χ4v) is 11.8. The number of rotatable bonds is 36. The van der Waals surface area contributed by atoms with Crippen molar-refractivity contribution in [3.63, 3.8) is 0 Å². The number of carboxylic acids is 2. The zero-order valence-electron chi connectivity index (χ0n) is 53.8. The molecule has 10 amide bonds. The Hall–Kier alpha value is -9.82. The number of aliphatic hydroxyl groups excluding tert-OH is 2. The summed E-state index contributed by atoms with van der Waals surface area (Å²) in [5.41, 5.74) is 10.3. The van der Waals surface area contributed by atoms with Crippen LogP contribution in [0.25, 0.3) is 21.8 Å². The largest absolute Gasteiger partial charge is 0.481 e. The first-order chi connectivity index (χ1) is 46.9. The van der Waals surface area contributed by atoms with Crippen LogP contribution in [-0.2, 0) is 83.2 Å². The number of benzene rings is 4. The van der Waals surface area contributed by atoms with Gasteiger partial charge in [0.25, 0.3) is 0 Å². The van der Waals surface area contributed by atoms with E-state index in [1.54, 1.807) is 85.2 Å². The van der Waals surface area contributed by atoms with Crippen LogP contribution in [0.4, 0.5) is 0 Å². The summed E-state index contributed by atoms with van der Waals surface area (Å²) in [6.07, 6.45) is 2.34. The van der Waals surface area contributed by atoms with E-state index in [1.807, 2.05) is 50.2 Å². The van der Waals surface area contributed by atoms with Crippen molar-refractivity contribution in [2.45, 2.75) is 132 Å². The van der Waals surface area contributed by atoms with Crippen molar-refractivity contribution < 1.29 is 78.0 Å². The third-order valence-corrected chi connectivity index (χ3v) is 17.2. The summed E-state index contributed by atoms with van der Waals surface area (Å²) < 4.78 is 0. The van der Waals surface area contributed by atoms with Gasteiger partial charge in [-0.3, -0.25) is 52.7 Å². The molecule has 0 aliphatic carbocycles. The van der Waals surface area contributed by atoms with E-state index in [0.29, 0.717) is 27.6 Å². The smallest absolute Gasteiger partial charge is 0.326 e. The first-order valence-corrected chi connectivity index (χ1v) is 33.0. The molecule has 17 N–H and O–H groups in total. The summed E-state index contributed by atoms with van der Waals surface area (Å²) in [7, 11) is 0. The quantitative estimate of drug-likeness (QED) is 0.0211. The number of carboxylic acid groups (broad SMARTS) is 2. The maximum Gasteiger partial charge on any atom is 0.326 e. The van der Waals surface area contributed by atoms with Crippen molar-refractivity contribution in [1.29, 1.82) is 0 Å². The van der Waals surface area contributed by atoms with Gasteiger partial charge in [-0.1, -0.05) is 111 Å². The molecule has 1 saturated heterocycles. The minimum absolute atomic E-state index is 0.0232. The molecule has 3 heterocycles. The predicted octanol–water partition coefficient (Wildman–Crippen LogP) is -0.949. The third-order valence-electron chi connectivity index (χ3n) is 16.4. The number of H-pyrrole nitrogens is 2. The highest BCUT2D eigenvalue weighted by Gasteiger charge is 2.41. The van der Waals surface area contributed by atoms with Crippen molar-refractivity contribution in [1.82, 2.24) is 62.7 Å². The minimum atomic E-state index is -1.96. The van der Waals surface area contributed by atoms with E-state index in [4.69, 9.17) is 5.73 Å². The first-order valence-electron chi connectivity index (χ1n) is 31.8. The molecule has 29 nitrogen and oxygen atoms in total. The Morgan fingerprint density at radius 2 is 0.898 bits per heavy atom. The summed E-state index contributed by atoms with van der Waals surface area (Å²) in [6.45, 7) is 1.31. The monoisotopic (exact) mass is 1390 g/mol. The number of hydrogen-bond acceptors (Lipinski definition) is 17. The van der Waals surface area contributed by atoms with Gasteiger partial charge in [0.05, 0.1) is 25.7 Å². The van der Waals surface area contributed by atoms with Crippen LogP contribution < -0.4 is 53.6 Å². The van der Waals surface area contributed by atoms with E-state index in [2.05, 4.69) is 83.1 Å². The van der Waals surface area contributed by atoms with E-state index in [0.717, 1.165) is 16.5 Å². The summed E-state index contributed by atoms with van der Waals surface area (Å²) >= 11 is 8.44. The number of carbonyl (C=O) groups excluding carboxylic acids is 10. The van der Waals surface area contributed by atoms with Crippen LogP contribution in [0.3, 0.4) is 0 Å². The fourth-order valence-electron chi connectivity index (χ4n) is 11.3. The number of thiol groups is 2. The average Bonchev–Trinajstić information content (AvgIpc) is 1.63. The zero-order chi connectivity index (χ0) is 71.2. The van der Waals surface area contributed by atoms with Crippen molar-refractivity contribution in [3.8, 4) is 0 Å². The molecule has 524 valence electrons. The SMILES string of the molecule is CC(C)C[C@H](NC(=O)[C@H](Cc1c[nH]c2ccccc12)NC(=O)[C@H](CS)NC(=O)[C@@H](N)Cc1ccccc1)C(=O)N[C@@H](Cc1c[nH]c2ccccc12)C(=O)N1CCC[C@H]1C(=O)N[C@@H](CO)C(=O)N[C@@H](CO)C(=O)N[C@@H](CC(=O)O)C(=O)N[C@@H](CS)C(=O)N[C@@H](Cc1ccccc1)C(=O)O. The molecule has 0 bridgehead atoms. The Balaban J connectivity index is 1.05. The lowest BCUT2D eigenvalue weighted by atomic mass is 9.99. The van der Waals surface area contributed by atoms with Gasteiger partial charge in [0.2, 0.25) is 59.1 Å². The molecule has 31 heteroatoms. The number of fused-ring (bicyclic) bond motifs is 2. The summed E-state index contributed by atoms with van der Waals surface area (Å²) in [5, 5.41) is 64.0. The molecule has 1 aliphatic heterocycles. The van der Waals surface area contributed by atoms with Gasteiger partial charge in [-0.05, 0) is 66.0 Å². The summed E-state index contributed by atoms with van der Waals surface area (Å²) in [6, 6.07) is 15.3. The number of para-hydroxylation sites is 2. The molecule has 1 fully saturated rings. The van der Waals surface area contributed by atoms with Gasteiger partial charge in [-0.25, -0.2) is 4.79 Å². The molecule has 6 aromatic rings. The van der Waals surface area contributed by atoms with Crippen LogP contribution >= 0.6 is 25.3 Å². The van der Waals surface area contributed by atoms with E-state index < -0.39 is 163 Å². The van der Waals surface area contributed by atoms with Crippen molar-refractivity contribution >= 4 is 118 Å². The average molecular weight is 1390 g/mol.